The van der Waals surface area contributed by atoms with E-state index in [9.17, 15) is 19.2 Å². The normalized spacial score (nSPS) is 41.8. The smallest absolute Gasteiger partial charge is 0.302 e. The number of Topliss-reactive ketones (excluding diaryl/α,β-unsaturated/α-hetero) is 2. The first-order valence-corrected chi connectivity index (χ1v) is 14.7. The first-order chi connectivity index (χ1) is 17.3. The summed E-state index contributed by atoms with van der Waals surface area (Å²) in [7, 11) is 0. The zero-order chi connectivity index (χ0) is 27.3. The molecule has 0 aromatic carbocycles. The third-order valence-corrected chi connectivity index (χ3v) is 11.2. The van der Waals surface area contributed by atoms with Gasteiger partial charge in [0.25, 0.3) is 0 Å². The van der Waals surface area contributed by atoms with Gasteiger partial charge in [0.05, 0.1) is 0 Å². The van der Waals surface area contributed by atoms with Gasteiger partial charge in [0.1, 0.15) is 23.8 Å². The lowest BCUT2D eigenvalue weighted by molar-refractivity contribution is -0.168. The zero-order valence-corrected chi connectivity index (χ0v) is 24.0. The topological polar surface area (TPSA) is 86.7 Å². The van der Waals surface area contributed by atoms with E-state index in [0.29, 0.717) is 42.9 Å². The number of ether oxygens (including phenoxy) is 2. The molecule has 0 saturated heterocycles. The molecule has 10 atom stereocenters. The van der Waals surface area contributed by atoms with Gasteiger partial charge >= 0.3 is 11.9 Å². The molecule has 4 aliphatic rings. The van der Waals surface area contributed by atoms with Crippen LogP contribution in [0.2, 0.25) is 0 Å². The molecule has 0 N–H and O–H groups in total. The van der Waals surface area contributed by atoms with E-state index < -0.39 is 11.5 Å². The van der Waals surface area contributed by atoms with Crippen molar-refractivity contribution >= 4 is 23.5 Å². The first kappa shape index (κ1) is 28.3. The molecule has 0 heterocycles. The van der Waals surface area contributed by atoms with Crippen LogP contribution in [-0.4, -0.2) is 35.7 Å². The summed E-state index contributed by atoms with van der Waals surface area (Å²) in [5.74, 6) is 1.01. The van der Waals surface area contributed by atoms with Gasteiger partial charge in [-0.15, -0.1) is 0 Å². The Labute approximate surface area is 223 Å². The second kappa shape index (κ2) is 10.4. The summed E-state index contributed by atoms with van der Waals surface area (Å²) in [4.78, 5) is 51.2. The van der Waals surface area contributed by atoms with Crippen molar-refractivity contribution in [1.82, 2.24) is 0 Å². The van der Waals surface area contributed by atoms with Crippen LogP contribution in [0.5, 0.6) is 0 Å². The highest BCUT2D eigenvalue weighted by molar-refractivity contribution is 5.89. The van der Waals surface area contributed by atoms with E-state index in [1.165, 1.54) is 13.8 Å². The van der Waals surface area contributed by atoms with Gasteiger partial charge in [-0.3, -0.25) is 19.2 Å². The summed E-state index contributed by atoms with van der Waals surface area (Å²) in [5.41, 5.74) is -0.601. The molecule has 37 heavy (non-hydrogen) atoms. The maximum absolute atomic E-state index is 14.2. The Morgan fingerprint density at radius 3 is 2.24 bits per heavy atom. The maximum atomic E-state index is 14.2. The van der Waals surface area contributed by atoms with Crippen molar-refractivity contribution in [2.75, 3.05) is 0 Å². The van der Waals surface area contributed by atoms with E-state index in [1.54, 1.807) is 0 Å². The molecule has 0 aromatic rings. The molecule has 4 fully saturated rings. The molecule has 0 spiro atoms. The standard InChI is InChI=1S/C31H48O6/c1-17(2)8-11-26(34)18(3)29-27(37-20(5)33)15-25-23-10-9-21-14-22(36-19(4)32)12-13-30(21,6)24(23)16-28(35)31(25,29)7/h17-18,21-25,27,29H,8-16H2,1-7H3/t18-,21+,22+,23-,24+,25+,27+,29+,30+,31-/m1/s1. The fourth-order valence-electron chi connectivity index (χ4n) is 9.35. The van der Waals surface area contributed by atoms with Crippen LogP contribution in [0.15, 0.2) is 0 Å². The van der Waals surface area contributed by atoms with E-state index >= 15 is 0 Å². The van der Waals surface area contributed by atoms with Crippen LogP contribution in [-0.2, 0) is 28.7 Å². The number of fused-ring (bicyclic) bond motifs is 5. The van der Waals surface area contributed by atoms with Gasteiger partial charge in [0.2, 0.25) is 0 Å². The highest BCUT2D eigenvalue weighted by Gasteiger charge is 2.67. The lowest BCUT2D eigenvalue weighted by Gasteiger charge is -2.60. The van der Waals surface area contributed by atoms with Crippen LogP contribution in [0, 0.1) is 52.3 Å². The van der Waals surface area contributed by atoms with Gasteiger partial charge in [-0.2, -0.15) is 0 Å². The van der Waals surface area contributed by atoms with Crippen molar-refractivity contribution in [2.24, 2.45) is 52.3 Å². The largest absolute Gasteiger partial charge is 0.463 e. The van der Waals surface area contributed by atoms with E-state index in [4.69, 9.17) is 9.47 Å². The summed E-state index contributed by atoms with van der Waals surface area (Å²) in [6, 6.07) is 0. The summed E-state index contributed by atoms with van der Waals surface area (Å²) >= 11 is 0. The fourth-order valence-corrected chi connectivity index (χ4v) is 9.35. The number of ketones is 2. The number of carbonyl (C=O) groups is 4. The van der Waals surface area contributed by atoms with Crippen LogP contribution in [0.25, 0.3) is 0 Å². The molecule has 0 unspecified atom stereocenters. The average molecular weight is 517 g/mol. The van der Waals surface area contributed by atoms with Crippen LogP contribution in [0.1, 0.15) is 106 Å². The quantitative estimate of drug-likeness (QED) is 0.389. The van der Waals surface area contributed by atoms with Gasteiger partial charge in [-0.25, -0.2) is 0 Å². The molecule has 0 amide bonds. The highest BCUT2D eigenvalue weighted by Crippen LogP contribution is 2.67. The maximum Gasteiger partial charge on any atom is 0.302 e. The van der Waals surface area contributed by atoms with Crippen LogP contribution in [0.3, 0.4) is 0 Å². The van der Waals surface area contributed by atoms with E-state index in [0.717, 1.165) is 38.5 Å². The molecule has 4 aliphatic carbocycles. The molecule has 208 valence electrons. The van der Waals surface area contributed by atoms with Crippen LogP contribution in [0.4, 0.5) is 0 Å². The number of rotatable bonds is 7. The molecule has 6 nitrogen and oxygen atoms in total. The third-order valence-electron chi connectivity index (χ3n) is 11.2. The Kier molecular flexibility index (Phi) is 7.99. The minimum Gasteiger partial charge on any atom is -0.463 e. The molecule has 4 saturated carbocycles. The van der Waals surface area contributed by atoms with Gasteiger partial charge < -0.3 is 9.47 Å². The molecular weight excluding hydrogens is 468 g/mol. The summed E-state index contributed by atoms with van der Waals surface area (Å²) < 4.78 is 11.5. The second-order valence-corrected chi connectivity index (χ2v) is 13.7. The average Bonchev–Trinajstić information content (AvgIpc) is 3.10. The molecule has 0 radical (unpaired) electrons. The lowest BCUT2D eigenvalue weighted by atomic mass is 9.44. The fraction of sp³-hybridized carbons (Fsp3) is 0.871. The van der Waals surface area contributed by atoms with Gasteiger partial charge in [-0.05, 0) is 80.0 Å². The summed E-state index contributed by atoms with van der Waals surface area (Å²) in [5, 5.41) is 0. The monoisotopic (exact) mass is 516 g/mol. The number of carbonyl (C=O) groups excluding carboxylic acids is 4. The van der Waals surface area contributed by atoms with Crippen LogP contribution >= 0.6 is 0 Å². The summed E-state index contributed by atoms with van der Waals surface area (Å²) in [6.45, 7) is 13.6. The second-order valence-electron chi connectivity index (χ2n) is 13.7. The van der Waals surface area contributed by atoms with E-state index in [2.05, 4.69) is 27.7 Å². The summed E-state index contributed by atoms with van der Waals surface area (Å²) in [6.07, 6.45) is 6.97. The molecule has 0 bridgehead atoms. The number of esters is 2. The van der Waals surface area contributed by atoms with E-state index in [-0.39, 0.29) is 52.8 Å². The number of hydrogen-bond acceptors (Lipinski definition) is 6. The van der Waals surface area contributed by atoms with E-state index in [1.807, 2.05) is 6.92 Å². The Morgan fingerprint density at radius 2 is 1.62 bits per heavy atom. The van der Waals surface area contributed by atoms with Gasteiger partial charge in [-0.1, -0.05) is 34.6 Å². The third kappa shape index (κ3) is 5.03. The molecule has 0 aromatic heterocycles. The Bertz CT molecular complexity index is 925. The van der Waals surface area contributed by atoms with Crippen molar-refractivity contribution in [2.45, 2.75) is 118 Å². The van der Waals surface area contributed by atoms with Crippen LogP contribution < -0.4 is 0 Å². The van der Waals surface area contributed by atoms with Crippen molar-refractivity contribution in [3.05, 3.63) is 0 Å². The predicted molar refractivity (Wildman–Crippen MR) is 140 cm³/mol. The Balaban J connectivity index is 1.62. The highest BCUT2D eigenvalue weighted by atomic mass is 16.5. The predicted octanol–water partition coefficient (Wildman–Crippen LogP) is 5.94. The zero-order valence-electron chi connectivity index (χ0n) is 24.0. The number of hydrogen-bond donors (Lipinski definition) is 0. The Morgan fingerprint density at radius 1 is 0.946 bits per heavy atom. The van der Waals surface area contributed by atoms with Crippen molar-refractivity contribution in [3.8, 4) is 0 Å². The molecule has 0 aliphatic heterocycles. The van der Waals surface area contributed by atoms with Crippen molar-refractivity contribution in [3.63, 3.8) is 0 Å². The molecular formula is C31H48O6. The SMILES string of the molecule is CC(=O)O[C@H]1CC[C@@]2(C)[C@@H](CC[C@@H]3[C@@H]2CC(=O)[C@]2(C)[C@@H]([C@H](C)C(=O)CCC(C)C)[C@@H](OC(C)=O)C[C@@H]32)C1. The minimum absolute atomic E-state index is 0.0152. The Hall–Kier alpha value is -1.72. The van der Waals surface area contributed by atoms with Crippen molar-refractivity contribution < 1.29 is 28.7 Å². The first-order valence-electron chi connectivity index (χ1n) is 14.7. The molecule has 6 heteroatoms. The van der Waals surface area contributed by atoms with Crippen molar-refractivity contribution in [1.29, 1.82) is 0 Å². The van der Waals surface area contributed by atoms with Gasteiger partial charge in [0, 0.05) is 43.9 Å². The van der Waals surface area contributed by atoms with Gasteiger partial charge in [0.15, 0.2) is 0 Å². The minimum atomic E-state index is -0.646. The molecule has 4 rings (SSSR count). The lowest BCUT2D eigenvalue weighted by Crippen LogP contribution is -2.58.